The minimum absolute atomic E-state index is 0.159. The topological polar surface area (TPSA) is 71.6 Å². The number of amides is 2. The van der Waals surface area contributed by atoms with Crippen molar-refractivity contribution in [1.82, 2.24) is 14.4 Å². The third kappa shape index (κ3) is 3.92. The zero-order chi connectivity index (χ0) is 19.5. The van der Waals surface area contributed by atoms with Crippen molar-refractivity contribution >= 4 is 22.7 Å². The van der Waals surface area contributed by atoms with Gasteiger partial charge in [0.2, 0.25) is 11.8 Å². The molecule has 1 aliphatic rings. The van der Waals surface area contributed by atoms with Gasteiger partial charge in [0.1, 0.15) is 6.54 Å². The van der Waals surface area contributed by atoms with Crippen LogP contribution in [0.3, 0.4) is 0 Å². The zero-order valence-electron chi connectivity index (χ0n) is 15.8. The fourth-order valence-corrected chi connectivity index (χ4v) is 3.71. The molecule has 0 aliphatic carbocycles. The Balaban J connectivity index is 1.31. The van der Waals surface area contributed by atoms with Gasteiger partial charge in [0.15, 0.2) is 0 Å². The molecule has 144 valence electrons. The third-order valence-electron chi connectivity index (χ3n) is 5.36. The molecule has 0 bridgehead atoms. The largest absolute Gasteiger partial charge is 0.366 e. The van der Waals surface area contributed by atoms with E-state index in [2.05, 4.69) is 11.0 Å². The molecule has 3 aromatic rings. The SMILES string of the molecule is NC(=O)c1ccc(CN2CCN(C(=O)Cn3ccc4ccccc43)CC2)cc1. The first-order valence-corrected chi connectivity index (χ1v) is 9.53. The molecule has 1 aliphatic heterocycles. The van der Waals surface area contributed by atoms with Crippen molar-refractivity contribution < 1.29 is 9.59 Å². The smallest absolute Gasteiger partial charge is 0.248 e. The fraction of sp³-hybridized carbons (Fsp3) is 0.273. The Morgan fingerprint density at radius 2 is 1.61 bits per heavy atom. The van der Waals surface area contributed by atoms with Gasteiger partial charge in [-0.15, -0.1) is 0 Å². The lowest BCUT2D eigenvalue weighted by atomic mass is 10.1. The monoisotopic (exact) mass is 376 g/mol. The van der Waals surface area contributed by atoms with E-state index in [-0.39, 0.29) is 5.91 Å². The zero-order valence-corrected chi connectivity index (χ0v) is 15.8. The van der Waals surface area contributed by atoms with Gasteiger partial charge in [-0.3, -0.25) is 14.5 Å². The highest BCUT2D eigenvalue weighted by Gasteiger charge is 2.21. The highest BCUT2D eigenvalue weighted by Crippen LogP contribution is 2.16. The summed E-state index contributed by atoms with van der Waals surface area (Å²) in [7, 11) is 0. The second-order valence-corrected chi connectivity index (χ2v) is 7.22. The number of carbonyl (C=O) groups excluding carboxylic acids is 2. The molecule has 0 unspecified atom stereocenters. The first-order chi connectivity index (χ1) is 13.6. The van der Waals surface area contributed by atoms with Crippen LogP contribution in [0, 0.1) is 0 Å². The molecule has 0 spiro atoms. The van der Waals surface area contributed by atoms with Crippen LogP contribution in [0.5, 0.6) is 0 Å². The van der Waals surface area contributed by atoms with Crippen molar-refractivity contribution in [2.75, 3.05) is 26.2 Å². The predicted molar refractivity (Wildman–Crippen MR) is 109 cm³/mol. The number of primary amides is 1. The van der Waals surface area contributed by atoms with Crippen molar-refractivity contribution in [3.63, 3.8) is 0 Å². The number of hydrogen-bond donors (Lipinski definition) is 1. The number of hydrogen-bond acceptors (Lipinski definition) is 3. The molecule has 1 saturated heterocycles. The van der Waals surface area contributed by atoms with Crippen molar-refractivity contribution in [1.29, 1.82) is 0 Å². The molecule has 28 heavy (non-hydrogen) atoms. The van der Waals surface area contributed by atoms with Gasteiger partial charge in [-0.25, -0.2) is 0 Å². The Morgan fingerprint density at radius 3 is 2.32 bits per heavy atom. The van der Waals surface area contributed by atoms with E-state index in [1.54, 1.807) is 12.1 Å². The Bertz CT molecular complexity index is 985. The predicted octanol–water partition coefficient (Wildman–Crippen LogP) is 2.08. The highest BCUT2D eigenvalue weighted by atomic mass is 16.2. The minimum Gasteiger partial charge on any atom is -0.366 e. The molecule has 1 aromatic heterocycles. The number of nitrogens with two attached hydrogens (primary N) is 1. The van der Waals surface area contributed by atoms with Crippen LogP contribution in [0.25, 0.3) is 10.9 Å². The van der Waals surface area contributed by atoms with Gasteiger partial charge in [-0.2, -0.15) is 0 Å². The van der Waals surface area contributed by atoms with Crippen molar-refractivity contribution in [3.8, 4) is 0 Å². The molecule has 6 heteroatoms. The minimum atomic E-state index is -0.408. The summed E-state index contributed by atoms with van der Waals surface area (Å²) in [5.74, 6) is -0.249. The summed E-state index contributed by atoms with van der Waals surface area (Å²) in [4.78, 5) is 28.2. The Morgan fingerprint density at radius 1 is 0.893 bits per heavy atom. The quantitative estimate of drug-likeness (QED) is 0.741. The second-order valence-electron chi connectivity index (χ2n) is 7.22. The lowest BCUT2D eigenvalue weighted by Gasteiger charge is -2.35. The number of rotatable bonds is 5. The fourth-order valence-electron chi connectivity index (χ4n) is 3.71. The van der Waals surface area contributed by atoms with Gasteiger partial charge < -0.3 is 15.2 Å². The van der Waals surface area contributed by atoms with Gasteiger partial charge >= 0.3 is 0 Å². The Kier molecular flexibility index (Phi) is 5.12. The van der Waals surface area contributed by atoms with Crippen LogP contribution in [0.2, 0.25) is 0 Å². The van der Waals surface area contributed by atoms with Gasteiger partial charge in [0, 0.05) is 50.0 Å². The molecular weight excluding hydrogens is 352 g/mol. The molecule has 4 rings (SSSR count). The summed E-state index contributed by atoms with van der Waals surface area (Å²) in [6.45, 7) is 4.34. The summed E-state index contributed by atoms with van der Waals surface area (Å²) < 4.78 is 2.02. The van der Waals surface area contributed by atoms with Gasteiger partial charge in [-0.1, -0.05) is 30.3 Å². The second kappa shape index (κ2) is 7.86. The van der Waals surface area contributed by atoms with Crippen LogP contribution < -0.4 is 5.73 Å². The standard InChI is InChI=1S/C22H24N4O2/c23-22(28)19-7-5-17(6-8-19)15-24-11-13-25(14-12-24)21(27)16-26-10-9-18-3-1-2-4-20(18)26/h1-10H,11-16H2,(H2,23,28). The molecule has 2 amide bonds. The molecule has 2 N–H and O–H groups in total. The van der Waals surface area contributed by atoms with E-state index in [0.717, 1.165) is 49.2 Å². The lowest BCUT2D eigenvalue weighted by Crippen LogP contribution is -2.49. The maximum absolute atomic E-state index is 12.7. The third-order valence-corrected chi connectivity index (χ3v) is 5.36. The number of fused-ring (bicyclic) bond motifs is 1. The van der Waals surface area contributed by atoms with E-state index in [0.29, 0.717) is 12.1 Å². The van der Waals surface area contributed by atoms with E-state index in [1.165, 1.54) is 0 Å². The molecule has 0 saturated carbocycles. The molecular formula is C22H24N4O2. The first-order valence-electron chi connectivity index (χ1n) is 9.53. The molecule has 6 nitrogen and oxygen atoms in total. The average molecular weight is 376 g/mol. The van der Waals surface area contributed by atoms with E-state index in [1.807, 2.05) is 52.1 Å². The highest BCUT2D eigenvalue weighted by molar-refractivity contribution is 5.92. The number of aromatic nitrogens is 1. The summed E-state index contributed by atoms with van der Waals surface area (Å²) in [6, 6.07) is 17.6. The summed E-state index contributed by atoms with van der Waals surface area (Å²) >= 11 is 0. The maximum atomic E-state index is 12.7. The normalized spacial score (nSPS) is 15.1. The number of piperazine rings is 1. The Labute approximate surface area is 164 Å². The van der Waals surface area contributed by atoms with E-state index < -0.39 is 5.91 Å². The number of benzene rings is 2. The molecule has 2 aromatic carbocycles. The van der Waals surface area contributed by atoms with Gasteiger partial charge in [-0.05, 0) is 35.2 Å². The van der Waals surface area contributed by atoms with Gasteiger partial charge in [0.25, 0.3) is 0 Å². The average Bonchev–Trinajstić information content (AvgIpc) is 3.12. The molecule has 0 atom stereocenters. The number of nitrogens with zero attached hydrogens (tertiary/aromatic N) is 3. The van der Waals surface area contributed by atoms with Gasteiger partial charge in [0.05, 0.1) is 0 Å². The van der Waals surface area contributed by atoms with Crippen LogP contribution in [-0.2, 0) is 17.9 Å². The molecule has 1 fully saturated rings. The van der Waals surface area contributed by atoms with Crippen LogP contribution in [0.4, 0.5) is 0 Å². The summed E-state index contributed by atoms with van der Waals surface area (Å²) in [5.41, 5.74) is 8.04. The lowest BCUT2D eigenvalue weighted by molar-refractivity contribution is -0.133. The number of para-hydroxylation sites is 1. The number of carbonyl (C=O) groups is 2. The first kappa shape index (κ1) is 18.3. The van der Waals surface area contributed by atoms with Crippen molar-refractivity contribution in [2.45, 2.75) is 13.1 Å². The van der Waals surface area contributed by atoms with Crippen LogP contribution in [-0.4, -0.2) is 52.4 Å². The molecule has 0 radical (unpaired) electrons. The Hall–Kier alpha value is -3.12. The molecule has 2 heterocycles. The van der Waals surface area contributed by atoms with Crippen LogP contribution >= 0.6 is 0 Å². The van der Waals surface area contributed by atoms with Crippen molar-refractivity contribution in [2.24, 2.45) is 5.73 Å². The van der Waals surface area contributed by atoms with E-state index in [9.17, 15) is 9.59 Å². The maximum Gasteiger partial charge on any atom is 0.248 e. The van der Waals surface area contributed by atoms with E-state index >= 15 is 0 Å². The van der Waals surface area contributed by atoms with E-state index in [4.69, 9.17) is 5.73 Å². The van der Waals surface area contributed by atoms with Crippen molar-refractivity contribution in [3.05, 3.63) is 71.9 Å². The van der Waals surface area contributed by atoms with Crippen LogP contribution in [0.1, 0.15) is 15.9 Å². The van der Waals surface area contributed by atoms with Crippen LogP contribution in [0.15, 0.2) is 60.8 Å². The summed E-state index contributed by atoms with van der Waals surface area (Å²) in [5, 5.41) is 1.16. The summed E-state index contributed by atoms with van der Waals surface area (Å²) in [6.07, 6.45) is 1.98.